The van der Waals surface area contributed by atoms with Crippen molar-refractivity contribution in [3.63, 3.8) is 0 Å². The van der Waals surface area contributed by atoms with Crippen molar-refractivity contribution in [1.82, 2.24) is 19.7 Å². The highest BCUT2D eigenvalue weighted by atomic mass is 79.9. The van der Waals surface area contributed by atoms with E-state index in [4.69, 9.17) is 9.47 Å². The summed E-state index contributed by atoms with van der Waals surface area (Å²) >= 11 is 4.76. The first kappa shape index (κ1) is 22.2. The molecule has 158 valence electrons. The average molecular weight is 491 g/mol. The molecule has 1 aromatic heterocycles. The predicted molar refractivity (Wildman–Crippen MR) is 120 cm³/mol. The molecule has 0 radical (unpaired) electrons. The van der Waals surface area contributed by atoms with E-state index in [0.29, 0.717) is 17.6 Å². The Hall–Kier alpha value is -2.52. The van der Waals surface area contributed by atoms with Crippen LogP contribution in [-0.4, -0.2) is 52.0 Å². The SMILES string of the molecule is CCOc1ccc(-n2c(COc3ccc(Br)cc3)nnc2SCC(=O)N(C)C)cc1. The third kappa shape index (κ3) is 5.76. The maximum absolute atomic E-state index is 12.0. The van der Waals surface area contributed by atoms with E-state index in [9.17, 15) is 4.79 Å². The molecule has 0 saturated carbocycles. The monoisotopic (exact) mass is 490 g/mol. The van der Waals surface area contributed by atoms with Crippen molar-refractivity contribution in [1.29, 1.82) is 0 Å². The molecule has 9 heteroatoms. The highest BCUT2D eigenvalue weighted by Gasteiger charge is 2.17. The van der Waals surface area contributed by atoms with E-state index < -0.39 is 0 Å². The van der Waals surface area contributed by atoms with Gasteiger partial charge in [0.1, 0.15) is 18.1 Å². The fraction of sp³-hybridized carbons (Fsp3) is 0.286. The van der Waals surface area contributed by atoms with Crippen LogP contribution in [0.3, 0.4) is 0 Å². The number of nitrogens with zero attached hydrogens (tertiary/aromatic N) is 4. The van der Waals surface area contributed by atoms with Gasteiger partial charge in [-0.15, -0.1) is 10.2 Å². The summed E-state index contributed by atoms with van der Waals surface area (Å²) in [6, 6.07) is 15.3. The van der Waals surface area contributed by atoms with Gasteiger partial charge in [0.15, 0.2) is 11.0 Å². The summed E-state index contributed by atoms with van der Waals surface area (Å²) in [5, 5.41) is 9.23. The maximum Gasteiger partial charge on any atom is 0.232 e. The Labute approximate surface area is 188 Å². The lowest BCUT2D eigenvalue weighted by atomic mass is 10.3. The van der Waals surface area contributed by atoms with Gasteiger partial charge >= 0.3 is 0 Å². The van der Waals surface area contributed by atoms with Crippen LogP contribution in [0.5, 0.6) is 11.5 Å². The number of amides is 1. The Bertz CT molecular complexity index is 975. The largest absolute Gasteiger partial charge is 0.494 e. The summed E-state index contributed by atoms with van der Waals surface area (Å²) in [4.78, 5) is 13.6. The minimum Gasteiger partial charge on any atom is -0.494 e. The second-order valence-electron chi connectivity index (χ2n) is 6.48. The molecular weight excluding hydrogens is 468 g/mol. The van der Waals surface area contributed by atoms with Gasteiger partial charge in [-0.1, -0.05) is 27.7 Å². The first-order chi connectivity index (χ1) is 14.5. The molecule has 1 heterocycles. The first-order valence-corrected chi connectivity index (χ1v) is 11.1. The van der Waals surface area contributed by atoms with E-state index in [2.05, 4.69) is 26.1 Å². The highest BCUT2D eigenvalue weighted by molar-refractivity contribution is 9.10. The van der Waals surface area contributed by atoms with Crippen LogP contribution in [0.4, 0.5) is 0 Å². The molecule has 0 spiro atoms. The van der Waals surface area contributed by atoms with Crippen molar-refractivity contribution in [3.05, 3.63) is 58.8 Å². The molecule has 0 atom stereocenters. The number of hydrogen-bond acceptors (Lipinski definition) is 6. The van der Waals surface area contributed by atoms with E-state index in [1.165, 1.54) is 11.8 Å². The second-order valence-corrected chi connectivity index (χ2v) is 8.34. The van der Waals surface area contributed by atoms with Gasteiger partial charge in [-0.2, -0.15) is 0 Å². The molecule has 0 fully saturated rings. The number of hydrogen-bond donors (Lipinski definition) is 0. The molecule has 3 aromatic rings. The Morgan fingerprint density at radius 1 is 1.03 bits per heavy atom. The number of aromatic nitrogens is 3. The molecular formula is C21H23BrN4O3S. The molecule has 0 aliphatic heterocycles. The predicted octanol–water partition coefficient (Wildman–Crippen LogP) is 4.19. The Morgan fingerprint density at radius 3 is 2.30 bits per heavy atom. The highest BCUT2D eigenvalue weighted by Crippen LogP contribution is 2.25. The summed E-state index contributed by atoms with van der Waals surface area (Å²) < 4.78 is 14.3. The van der Waals surface area contributed by atoms with E-state index >= 15 is 0 Å². The zero-order valence-electron chi connectivity index (χ0n) is 17.0. The average Bonchev–Trinajstić information content (AvgIpc) is 3.15. The van der Waals surface area contributed by atoms with Crippen molar-refractivity contribution in [2.45, 2.75) is 18.7 Å². The third-order valence-corrected chi connectivity index (χ3v) is 5.55. The van der Waals surface area contributed by atoms with Gasteiger partial charge in [-0.05, 0) is 55.5 Å². The van der Waals surface area contributed by atoms with Crippen LogP contribution in [0.2, 0.25) is 0 Å². The van der Waals surface area contributed by atoms with Crippen LogP contribution >= 0.6 is 27.7 Å². The fourth-order valence-corrected chi connectivity index (χ4v) is 3.75. The van der Waals surface area contributed by atoms with Gasteiger partial charge in [0.25, 0.3) is 0 Å². The minimum atomic E-state index is 0.00825. The number of rotatable bonds is 9. The Morgan fingerprint density at radius 2 is 1.67 bits per heavy atom. The number of thioether (sulfide) groups is 1. The van der Waals surface area contributed by atoms with Crippen molar-refractivity contribution >= 4 is 33.6 Å². The summed E-state index contributed by atoms with van der Waals surface area (Å²) in [6.45, 7) is 2.79. The second kappa shape index (κ2) is 10.5. The van der Waals surface area contributed by atoms with Gasteiger partial charge in [0.05, 0.1) is 12.4 Å². The molecule has 1 amide bonds. The van der Waals surface area contributed by atoms with Crippen molar-refractivity contribution in [2.75, 3.05) is 26.5 Å². The summed E-state index contributed by atoms with van der Waals surface area (Å²) in [6.07, 6.45) is 0. The standard InChI is InChI=1S/C21H23BrN4O3S/c1-4-28-17-11-7-16(8-12-17)26-19(13-29-18-9-5-15(22)6-10-18)23-24-21(26)30-14-20(27)25(2)3/h5-12H,4,13-14H2,1-3H3. The third-order valence-electron chi connectivity index (χ3n) is 4.11. The van der Waals surface area contributed by atoms with E-state index in [0.717, 1.165) is 21.7 Å². The summed E-state index contributed by atoms with van der Waals surface area (Å²) in [5.74, 6) is 2.45. The molecule has 0 saturated heterocycles. The fourth-order valence-electron chi connectivity index (χ4n) is 2.54. The minimum absolute atomic E-state index is 0.00825. The molecule has 0 unspecified atom stereocenters. The summed E-state index contributed by atoms with van der Waals surface area (Å²) in [5.41, 5.74) is 0.873. The van der Waals surface area contributed by atoms with Gasteiger partial charge in [-0.3, -0.25) is 9.36 Å². The molecule has 0 bridgehead atoms. The normalized spacial score (nSPS) is 10.7. The van der Waals surface area contributed by atoms with Gasteiger partial charge in [-0.25, -0.2) is 0 Å². The van der Waals surface area contributed by atoms with Gasteiger partial charge in [0.2, 0.25) is 5.91 Å². The van der Waals surface area contributed by atoms with E-state index in [1.807, 2.05) is 60.0 Å². The number of halogens is 1. The molecule has 30 heavy (non-hydrogen) atoms. The number of carbonyl (C=O) groups is 1. The molecule has 0 N–H and O–H groups in total. The molecule has 0 aliphatic rings. The zero-order valence-corrected chi connectivity index (χ0v) is 19.4. The van der Waals surface area contributed by atoms with E-state index in [-0.39, 0.29) is 18.3 Å². The van der Waals surface area contributed by atoms with Crippen LogP contribution in [0.1, 0.15) is 12.7 Å². The topological polar surface area (TPSA) is 69.5 Å². The van der Waals surface area contributed by atoms with Crippen LogP contribution in [0.25, 0.3) is 5.69 Å². The molecule has 2 aromatic carbocycles. The maximum atomic E-state index is 12.0. The Kier molecular flexibility index (Phi) is 7.75. The number of benzene rings is 2. The number of ether oxygens (including phenoxy) is 2. The first-order valence-electron chi connectivity index (χ1n) is 9.36. The Balaban J connectivity index is 1.85. The lowest BCUT2D eigenvalue weighted by Crippen LogP contribution is -2.23. The molecule has 7 nitrogen and oxygen atoms in total. The summed E-state index contributed by atoms with van der Waals surface area (Å²) in [7, 11) is 3.47. The van der Waals surface area contributed by atoms with Crippen LogP contribution < -0.4 is 9.47 Å². The van der Waals surface area contributed by atoms with Crippen LogP contribution in [-0.2, 0) is 11.4 Å². The van der Waals surface area contributed by atoms with Crippen LogP contribution in [0, 0.1) is 0 Å². The van der Waals surface area contributed by atoms with Gasteiger partial charge < -0.3 is 14.4 Å². The lowest BCUT2D eigenvalue weighted by molar-refractivity contribution is -0.125. The number of carbonyl (C=O) groups excluding carboxylic acids is 1. The van der Waals surface area contributed by atoms with Crippen molar-refractivity contribution in [2.24, 2.45) is 0 Å². The smallest absolute Gasteiger partial charge is 0.232 e. The van der Waals surface area contributed by atoms with Crippen molar-refractivity contribution < 1.29 is 14.3 Å². The lowest BCUT2D eigenvalue weighted by Gasteiger charge is -2.13. The molecule has 3 rings (SSSR count). The molecule has 0 aliphatic carbocycles. The van der Waals surface area contributed by atoms with Crippen LogP contribution in [0.15, 0.2) is 58.2 Å². The van der Waals surface area contributed by atoms with Crippen molar-refractivity contribution in [3.8, 4) is 17.2 Å². The zero-order chi connectivity index (χ0) is 21.5. The quantitative estimate of drug-likeness (QED) is 0.419. The van der Waals surface area contributed by atoms with Gasteiger partial charge in [0, 0.05) is 24.3 Å². The van der Waals surface area contributed by atoms with E-state index in [1.54, 1.807) is 19.0 Å².